The van der Waals surface area contributed by atoms with E-state index in [0.717, 1.165) is 0 Å². The summed E-state index contributed by atoms with van der Waals surface area (Å²) in [6.45, 7) is 6.30. The minimum atomic E-state index is -0.991. The minimum Gasteiger partial charge on any atom is -0.432 e. The Kier molecular flexibility index (Phi) is 7.39. The van der Waals surface area contributed by atoms with Crippen molar-refractivity contribution in [3.05, 3.63) is 53.0 Å². The molecule has 0 aliphatic carbocycles. The number of rotatable bonds is 6. The molecule has 1 aliphatic heterocycles. The van der Waals surface area contributed by atoms with Gasteiger partial charge in [0, 0.05) is 6.20 Å². The third kappa shape index (κ3) is 5.46. The molecule has 0 saturated carbocycles. The number of dihydropyridines is 1. The second-order valence-electron chi connectivity index (χ2n) is 6.23. The van der Waals surface area contributed by atoms with Crippen molar-refractivity contribution >= 4 is 12.3 Å². The van der Waals surface area contributed by atoms with Crippen molar-refractivity contribution in [1.29, 1.82) is 0 Å². The number of hydrogen-bond donors (Lipinski definition) is 2. The van der Waals surface area contributed by atoms with Crippen LogP contribution in [0.2, 0.25) is 0 Å². The monoisotopic (exact) mass is 392 g/mol. The molecule has 1 aromatic heterocycles. The molecule has 0 fully saturated rings. The van der Waals surface area contributed by atoms with Crippen LogP contribution in [0.4, 0.5) is 9.59 Å². The van der Waals surface area contributed by atoms with Crippen LogP contribution in [-0.4, -0.2) is 41.7 Å². The van der Waals surface area contributed by atoms with E-state index in [4.69, 9.17) is 24.1 Å². The highest BCUT2D eigenvalue weighted by Crippen LogP contribution is 2.38. The predicted molar refractivity (Wildman–Crippen MR) is 97.7 cm³/mol. The number of carbonyl (C=O) groups excluding carboxylic acids is 2. The van der Waals surface area contributed by atoms with Gasteiger partial charge in [0.1, 0.15) is 24.0 Å². The van der Waals surface area contributed by atoms with Crippen LogP contribution in [0.3, 0.4) is 0 Å². The van der Waals surface area contributed by atoms with E-state index in [2.05, 4.69) is 10.3 Å². The van der Waals surface area contributed by atoms with E-state index in [-0.39, 0.29) is 30.8 Å². The van der Waals surface area contributed by atoms with Crippen molar-refractivity contribution in [2.75, 3.05) is 13.2 Å². The molecule has 2 heterocycles. The van der Waals surface area contributed by atoms with Gasteiger partial charge in [-0.3, -0.25) is 4.98 Å². The van der Waals surface area contributed by atoms with Gasteiger partial charge in [0.25, 0.3) is 0 Å². The summed E-state index contributed by atoms with van der Waals surface area (Å²) >= 11 is 0. The Morgan fingerprint density at radius 2 is 1.79 bits per heavy atom. The zero-order valence-corrected chi connectivity index (χ0v) is 16.2. The van der Waals surface area contributed by atoms with Crippen LogP contribution in [0, 0.1) is 0 Å². The van der Waals surface area contributed by atoms with Crippen LogP contribution in [0.5, 0.6) is 0 Å². The first-order valence-electron chi connectivity index (χ1n) is 8.76. The van der Waals surface area contributed by atoms with Crippen LogP contribution in [0.25, 0.3) is 0 Å². The van der Waals surface area contributed by atoms with Crippen LogP contribution in [0.1, 0.15) is 39.3 Å². The molecule has 0 spiro atoms. The minimum absolute atomic E-state index is 0.166. The molecule has 28 heavy (non-hydrogen) atoms. The van der Waals surface area contributed by atoms with Gasteiger partial charge in [0.05, 0.1) is 29.8 Å². The number of pyridine rings is 1. The summed E-state index contributed by atoms with van der Waals surface area (Å²) in [5.74, 6) is -0.414. The second kappa shape index (κ2) is 9.75. The predicted octanol–water partition coefficient (Wildman–Crippen LogP) is 2.94. The normalized spacial score (nSPS) is 16.6. The lowest BCUT2D eigenvalue weighted by atomic mass is 9.94. The van der Waals surface area contributed by atoms with Crippen LogP contribution < -0.4 is 5.32 Å². The first-order valence-corrected chi connectivity index (χ1v) is 8.76. The van der Waals surface area contributed by atoms with Gasteiger partial charge in [-0.25, -0.2) is 9.59 Å². The average Bonchev–Trinajstić information content (AvgIpc) is 2.64. The molecule has 0 aromatic carbocycles. The Morgan fingerprint density at radius 1 is 1.14 bits per heavy atom. The Hall–Kier alpha value is -3.07. The summed E-state index contributed by atoms with van der Waals surface area (Å²) in [6.07, 6.45) is -0.656. The van der Waals surface area contributed by atoms with E-state index in [9.17, 15) is 9.59 Å². The molecule has 2 rings (SSSR count). The molecule has 1 unspecified atom stereocenters. The van der Waals surface area contributed by atoms with E-state index in [0.29, 0.717) is 17.1 Å². The first kappa shape index (κ1) is 21.2. The third-order valence-corrected chi connectivity index (χ3v) is 3.65. The Balaban J connectivity index is 2.38. The average molecular weight is 392 g/mol. The summed E-state index contributed by atoms with van der Waals surface area (Å²) in [4.78, 5) is 28.4. The van der Waals surface area contributed by atoms with E-state index in [1.807, 2.05) is 0 Å². The smallest absolute Gasteiger partial charge is 0.432 e. The van der Waals surface area contributed by atoms with Gasteiger partial charge in [-0.1, -0.05) is 6.07 Å². The largest absolute Gasteiger partial charge is 0.513 e. The number of ether oxygens (including phenoxy) is 4. The summed E-state index contributed by atoms with van der Waals surface area (Å²) in [5, 5.41) is 11.8. The van der Waals surface area contributed by atoms with Crippen molar-refractivity contribution in [3.63, 3.8) is 0 Å². The molecule has 0 radical (unpaired) electrons. The summed E-state index contributed by atoms with van der Waals surface area (Å²) < 4.78 is 20.6. The molecule has 152 valence electrons. The number of aliphatic hydroxyl groups is 1. The maximum Gasteiger partial charge on any atom is 0.513 e. The van der Waals surface area contributed by atoms with E-state index < -0.39 is 18.2 Å². The van der Waals surface area contributed by atoms with Gasteiger partial charge in [-0.2, -0.15) is 0 Å². The van der Waals surface area contributed by atoms with Gasteiger partial charge < -0.3 is 29.4 Å². The topological polar surface area (TPSA) is 116 Å². The molecule has 9 nitrogen and oxygen atoms in total. The Labute approximate surface area is 162 Å². The number of allylic oxidation sites excluding steroid dienone is 2. The second-order valence-corrected chi connectivity index (χ2v) is 6.23. The van der Waals surface area contributed by atoms with Gasteiger partial charge in [-0.05, 0) is 39.8 Å². The van der Waals surface area contributed by atoms with Gasteiger partial charge in [-0.15, -0.1) is 0 Å². The zero-order chi connectivity index (χ0) is 20.7. The number of aliphatic hydroxyl groups excluding tert-OH is 1. The first-order chi connectivity index (χ1) is 13.3. The molecular formula is C19H24N2O7. The summed E-state index contributed by atoms with van der Waals surface area (Å²) in [6, 6.07) is 5.22. The van der Waals surface area contributed by atoms with E-state index >= 15 is 0 Å². The zero-order valence-electron chi connectivity index (χ0n) is 16.2. The highest BCUT2D eigenvalue weighted by atomic mass is 16.7. The van der Waals surface area contributed by atoms with Crippen LogP contribution in [-0.2, 0) is 18.9 Å². The molecule has 1 aliphatic rings. The standard InChI is InChI=1S/C19H24N2O7/c1-11(2)26-19(24)28-17-13(4)21-12(3)16(27-18(23)25-10-9-22)15(17)14-7-5-6-8-20-14/h5-8,11,15,21-22H,9-10H2,1-4H3. The van der Waals surface area contributed by atoms with Crippen molar-refractivity contribution in [1.82, 2.24) is 10.3 Å². The Morgan fingerprint density at radius 3 is 2.32 bits per heavy atom. The quantitative estimate of drug-likeness (QED) is 0.705. The molecule has 9 heteroatoms. The SMILES string of the molecule is CC1=C(OC(=O)OCCO)C(c2ccccn2)C(OC(=O)OC(C)C)=C(C)N1. The lowest BCUT2D eigenvalue weighted by Crippen LogP contribution is -2.30. The van der Waals surface area contributed by atoms with Gasteiger partial charge >= 0.3 is 12.3 Å². The maximum absolute atomic E-state index is 12.1. The van der Waals surface area contributed by atoms with Gasteiger partial charge in [0.15, 0.2) is 0 Å². The maximum atomic E-state index is 12.1. The van der Waals surface area contributed by atoms with E-state index in [1.54, 1.807) is 52.1 Å². The van der Waals surface area contributed by atoms with E-state index in [1.165, 1.54) is 0 Å². The highest BCUT2D eigenvalue weighted by molar-refractivity contribution is 5.65. The Bertz CT molecular complexity index is 772. The number of aromatic nitrogens is 1. The molecule has 1 atom stereocenters. The lowest BCUT2D eigenvalue weighted by Gasteiger charge is -2.29. The molecule has 1 aromatic rings. The summed E-state index contributed by atoms with van der Waals surface area (Å²) in [7, 11) is 0. The fourth-order valence-corrected chi connectivity index (χ4v) is 2.60. The van der Waals surface area contributed by atoms with Crippen molar-refractivity contribution in [2.45, 2.75) is 39.7 Å². The van der Waals surface area contributed by atoms with Crippen molar-refractivity contribution in [3.8, 4) is 0 Å². The van der Waals surface area contributed by atoms with Crippen molar-refractivity contribution < 1.29 is 33.6 Å². The molecular weight excluding hydrogens is 368 g/mol. The van der Waals surface area contributed by atoms with Crippen molar-refractivity contribution in [2.24, 2.45) is 0 Å². The fourth-order valence-electron chi connectivity index (χ4n) is 2.60. The number of carbonyl (C=O) groups is 2. The molecule has 0 saturated heterocycles. The number of hydrogen-bond acceptors (Lipinski definition) is 9. The van der Waals surface area contributed by atoms with Crippen LogP contribution in [0.15, 0.2) is 47.3 Å². The third-order valence-electron chi connectivity index (χ3n) is 3.65. The van der Waals surface area contributed by atoms with Crippen LogP contribution >= 0.6 is 0 Å². The lowest BCUT2D eigenvalue weighted by molar-refractivity contribution is 0.0430. The highest BCUT2D eigenvalue weighted by Gasteiger charge is 2.36. The number of nitrogens with zero attached hydrogens (tertiary/aromatic N) is 1. The molecule has 0 amide bonds. The number of nitrogens with one attached hydrogen (secondary N) is 1. The molecule has 2 N–H and O–H groups in total. The van der Waals surface area contributed by atoms with Gasteiger partial charge in [0.2, 0.25) is 0 Å². The molecule has 0 bridgehead atoms. The fraction of sp³-hybridized carbons (Fsp3) is 0.421. The summed E-state index contributed by atoms with van der Waals surface area (Å²) in [5.41, 5.74) is 1.57.